The van der Waals surface area contributed by atoms with Crippen LogP contribution in [-0.4, -0.2) is 31.3 Å². The molecule has 0 aliphatic carbocycles. The zero-order valence-electron chi connectivity index (χ0n) is 10.8. The fourth-order valence-electron chi connectivity index (χ4n) is 1.71. The van der Waals surface area contributed by atoms with Gasteiger partial charge in [-0.05, 0) is 42.5 Å². The van der Waals surface area contributed by atoms with Gasteiger partial charge in [-0.25, -0.2) is 4.68 Å². The van der Waals surface area contributed by atoms with Gasteiger partial charge in [0.1, 0.15) is 0 Å². The minimum atomic E-state index is -0.909. The Hall–Kier alpha value is -1.66. The van der Waals surface area contributed by atoms with Crippen molar-refractivity contribution in [3.8, 4) is 11.4 Å². The maximum Gasteiger partial charge on any atom is 0.308 e. The summed E-state index contributed by atoms with van der Waals surface area (Å²) in [6.07, 6.45) is 0. The molecule has 0 aliphatic heterocycles. The van der Waals surface area contributed by atoms with Crippen molar-refractivity contribution in [3.63, 3.8) is 0 Å². The first-order valence-electron chi connectivity index (χ1n) is 5.88. The standard InChI is InChI=1S/C12H12Cl2N4O2/c1-6(12(19)20)7(2)18-11(15-16-17-18)8-3-4-9(13)10(14)5-8/h3-7H,1-2H3,(H,19,20). The molecule has 1 N–H and O–H groups in total. The topological polar surface area (TPSA) is 80.9 Å². The molecule has 8 heteroatoms. The van der Waals surface area contributed by atoms with E-state index in [0.717, 1.165) is 0 Å². The number of tetrazole rings is 1. The van der Waals surface area contributed by atoms with Crippen LogP contribution in [0.4, 0.5) is 0 Å². The SMILES string of the molecule is CC(C(=O)O)C(C)n1nnnc1-c1ccc(Cl)c(Cl)c1. The molecule has 1 aromatic heterocycles. The molecule has 0 amide bonds. The first-order valence-corrected chi connectivity index (χ1v) is 6.63. The number of nitrogens with zero attached hydrogens (tertiary/aromatic N) is 4. The number of carboxylic acids is 1. The van der Waals surface area contributed by atoms with E-state index >= 15 is 0 Å². The number of halogens is 2. The second-order valence-electron chi connectivity index (χ2n) is 4.44. The molecule has 2 aromatic rings. The molecule has 0 radical (unpaired) electrons. The van der Waals surface area contributed by atoms with Crippen molar-refractivity contribution in [2.75, 3.05) is 0 Å². The number of aliphatic carboxylic acids is 1. The Kier molecular flexibility index (Phi) is 4.25. The van der Waals surface area contributed by atoms with Crippen LogP contribution < -0.4 is 0 Å². The van der Waals surface area contributed by atoms with Crippen molar-refractivity contribution in [3.05, 3.63) is 28.2 Å². The van der Waals surface area contributed by atoms with Crippen LogP contribution in [0.3, 0.4) is 0 Å². The number of carboxylic acid groups (broad SMARTS) is 1. The van der Waals surface area contributed by atoms with Crippen LogP contribution in [0.2, 0.25) is 10.0 Å². The van der Waals surface area contributed by atoms with Gasteiger partial charge in [-0.15, -0.1) is 5.10 Å². The Morgan fingerprint density at radius 3 is 2.60 bits per heavy atom. The van der Waals surface area contributed by atoms with Gasteiger partial charge in [-0.2, -0.15) is 0 Å². The second-order valence-corrected chi connectivity index (χ2v) is 5.26. The lowest BCUT2D eigenvalue weighted by molar-refractivity contribution is -0.142. The van der Waals surface area contributed by atoms with Crippen LogP contribution >= 0.6 is 23.2 Å². The van der Waals surface area contributed by atoms with E-state index in [1.807, 2.05) is 0 Å². The molecule has 0 fully saturated rings. The molecule has 0 saturated carbocycles. The quantitative estimate of drug-likeness (QED) is 0.938. The molecule has 20 heavy (non-hydrogen) atoms. The van der Waals surface area contributed by atoms with Crippen molar-refractivity contribution in [2.45, 2.75) is 19.9 Å². The van der Waals surface area contributed by atoms with Gasteiger partial charge in [0.2, 0.25) is 0 Å². The molecule has 1 aromatic carbocycles. The summed E-state index contributed by atoms with van der Waals surface area (Å²) < 4.78 is 1.47. The van der Waals surface area contributed by atoms with Gasteiger partial charge in [0.05, 0.1) is 22.0 Å². The molecular weight excluding hydrogens is 303 g/mol. The summed E-state index contributed by atoms with van der Waals surface area (Å²) in [5.74, 6) is -1.09. The summed E-state index contributed by atoms with van der Waals surface area (Å²) in [5, 5.41) is 21.3. The molecule has 0 spiro atoms. The number of hydrogen-bond donors (Lipinski definition) is 1. The highest BCUT2D eigenvalue weighted by Crippen LogP contribution is 2.29. The molecule has 2 rings (SSSR count). The van der Waals surface area contributed by atoms with Crippen molar-refractivity contribution in [2.24, 2.45) is 5.92 Å². The third kappa shape index (κ3) is 2.76. The van der Waals surface area contributed by atoms with Crippen LogP contribution in [0.1, 0.15) is 19.9 Å². The predicted molar refractivity (Wildman–Crippen MR) is 74.8 cm³/mol. The van der Waals surface area contributed by atoms with Crippen molar-refractivity contribution in [1.29, 1.82) is 0 Å². The van der Waals surface area contributed by atoms with E-state index in [1.54, 1.807) is 32.0 Å². The summed E-state index contributed by atoms with van der Waals surface area (Å²) in [4.78, 5) is 11.1. The average molecular weight is 315 g/mol. The molecule has 0 aliphatic rings. The first-order chi connectivity index (χ1) is 9.41. The lowest BCUT2D eigenvalue weighted by atomic mass is 10.0. The lowest BCUT2D eigenvalue weighted by Crippen LogP contribution is -2.23. The highest BCUT2D eigenvalue weighted by molar-refractivity contribution is 6.42. The summed E-state index contributed by atoms with van der Waals surface area (Å²) >= 11 is 11.8. The predicted octanol–water partition coefficient (Wildman–Crippen LogP) is 2.93. The van der Waals surface area contributed by atoms with Crippen molar-refractivity contribution in [1.82, 2.24) is 20.2 Å². The van der Waals surface area contributed by atoms with E-state index in [-0.39, 0.29) is 0 Å². The van der Waals surface area contributed by atoms with Gasteiger partial charge in [0, 0.05) is 5.56 Å². The number of aromatic nitrogens is 4. The van der Waals surface area contributed by atoms with Gasteiger partial charge in [-0.1, -0.05) is 23.2 Å². The van der Waals surface area contributed by atoms with Gasteiger partial charge in [-0.3, -0.25) is 4.79 Å². The Labute approximate surface area is 125 Å². The molecule has 2 atom stereocenters. The molecule has 106 valence electrons. The van der Waals surface area contributed by atoms with Crippen molar-refractivity contribution < 1.29 is 9.90 Å². The number of benzene rings is 1. The molecule has 0 bridgehead atoms. The zero-order valence-corrected chi connectivity index (χ0v) is 12.3. The summed E-state index contributed by atoms with van der Waals surface area (Å²) in [6.45, 7) is 3.35. The van der Waals surface area contributed by atoms with E-state index < -0.39 is 17.9 Å². The summed E-state index contributed by atoms with van der Waals surface area (Å²) in [5.41, 5.74) is 0.675. The van der Waals surface area contributed by atoms with E-state index in [4.69, 9.17) is 28.3 Å². The third-order valence-electron chi connectivity index (χ3n) is 3.17. The van der Waals surface area contributed by atoms with Crippen LogP contribution in [0.5, 0.6) is 0 Å². The zero-order chi connectivity index (χ0) is 14.9. The van der Waals surface area contributed by atoms with E-state index in [2.05, 4.69) is 15.5 Å². The molecular formula is C12H12Cl2N4O2. The second kappa shape index (κ2) is 5.76. The van der Waals surface area contributed by atoms with Gasteiger partial charge in [0.15, 0.2) is 5.82 Å². The largest absolute Gasteiger partial charge is 0.481 e. The van der Waals surface area contributed by atoms with Crippen LogP contribution in [-0.2, 0) is 4.79 Å². The third-order valence-corrected chi connectivity index (χ3v) is 3.91. The summed E-state index contributed by atoms with van der Waals surface area (Å²) in [6, 6.07) is 4.62. The Balaban J connectivity index is 2.42. The smallest absolute Gasteiger partial charge is 0.308 e. The fourth-order valence-corrected chi connectivity index (χ4v) is 2.01. The van der Waals surface area contributed by atoms with E-state index in [1.165, 1.54) is 4.68 Å². The highest BCUT2D eigenvalue weighted by atomic mass is 35.5. The van der Waals surface area contributed by atoms with E-state index in [9.17, 15) is 4.79 Å². The molecule has 0 saturated heterocycles. The molecule has 6 nitrogen and oxygen atoms in total. The average Bonchev–Trinajstić information content (AvgIpc) is 2.89. The molecule has 2 unspecified atom stereocenters. The minimum absolute atomic E-state index is 0.387. The van der Waals surface area contributed by atoms with Crippen LogP contribution in [0, 0.1) is 5.92 Å². The Morgan fingerprint density at radius 1 is 1.30 bits per heavy atom. The monoisotopic (exact) mass is 314 g/mol. The van der Waals surface area contributed by atoms with E-state index in [0.29, 0.717) is 21.4 Å². The van der Waals surface area contributed by atoms with Crippen LogP contribution in [0.25, 0.3) is 11.4 Å². The first kappa shape index (κ1) is 14.7. The number of rotatable bonds is 4. The number of carbonyl (C=O) groups is 1. The maximum absolute atomic E-state index is 11.1. The maximum atomic E-state index is 11.1. The van der Waals surface area contributed by atoms with Crippen molar-refractivity contribution >= 4 is 29.2 Å². The minimum Gasteiger partial charge on any atom is -0.481 e. The summed E-state index contributed by atoms with van der Waals surface area (Å²) in [7, 11) is 0. The Morgan fingerprint density at radius 2 is 2.00 bits per heavy atom. The normalized spacial score (nSPS) is 14.0. The highest BCUT2D eigenvalue weighted by Gasteiger charge is 2.25. The van der Waals surface area contributed by atoms with Gasteiger partial charge >= 0.3 is 5.97 Å². The molecule has 1 heterocycles. The van der Waals surface area contributed by atoms with Gasteiger partial charge < -0.3 is 5.11 Å². The van der Waals surface area contributed by atoms with Crippen LogP contribution in [0.15, 0.2) is 18.2 Å². The lowest BCUT2D eigenvalue weighted by Gasteiger charge is -2.17. The van der Waals surface area contributed by atoms with Gasteiger partial charge in [0.25, 0.3) is 0 Å². The fraction of sp³-hybridized carbons (Fsp3) is 0.333. The Bertz CT molecular complexity index is 644. The number of hydrogen-bond acceptors (Lipinski definition) is 4.